The smallest absolute Gasteiger partial charge is 0.327 e. The van der Waals surface area contributed by atoms with E-state index in [9.17, 15) is 24.0 Å². The highest BCUT2D eigenvalue weighted by molar-refractivity contribution is 6.52. The molecule has 4 saturated carbocycles. The van der Waals surface area contributed by atoms with Crippen molar-refractivity contribution in [1.29, 1.82) is 0 Å². The Morgan fingerprint density at radius 1 is 0.791 bits per heavy atom. The normalized spacial score (nSPS) is 41.5. The molecule has 0 radical (unpaired) electrons. The number of Topliss-reactive ketones (excluding diaryl/α,β-unsaturated/α-hetero) is 2. The topological polar surface area (TPSA) is 113 Å². The number of fused-ring (bicyclic) bond motifs is 7. The quantitative estimate of drug-likeness (QED) is 0.160. The first-order chi connectivity index (χ1) is 19.9. The zero-order valence-corrected chi connectivity index (χ0v) is 27.5. The van der Waals surface area contributed by atoms with Gasteiger partial charge < -0.3 is 14.2 Å². The van der Waals surface area contributed by atoms with E-state index in [1.54, 1.807) is 0 Å². The first-order valence-electron chi connectivity index (χ1n) is 16.2. The van der Waals surface area contributed by atoms with Gasteiger partial charge in [-0.05, 0) is 96.9 Å². The first kappa shape index (κ1) is 31.9. The number of ether oxygens (including phenoxy) is 3. The first-order valence-corrected chi connectivity index (χ1v) is 16.2. The number of carbonyl (C=O) groups is 5. The van der Waals surface area contributed by atoms with Crippen LogP contribution < -0.4 is 0 Å². The molecule has 1 unspecified atom stereocenters. The second kappa shape index (κ2) is 10.3. The van der Waals surface area contributed by atoms with Gasteiger partial charge in [0.15, 0.2) is 5.41 Å². The van der Waals surface area contributed by atoms with E-state index < -0.39 is 35.7 Å². The van der Waals surface area contributed by atoms with Gasteiger partial charge in [-0.2, -0.15) is 0 Å². The molecule has 5 aliphatic carbocycles. The van der Waals surface area contributed by atoms with Crippen molar-refractivity contribution >= 4 is 29.5 Å². The third-order valence-electron chi connectivity index (χ3n) is 13.4. The minimum atomic E-state index is -1.64. The summed E-state index contributed by atoms with van der Waals surface area (Å²) in [7, 11) is 0. The van der Waals surface area contributed by atoms with E-state index in [0.717, 1.165) is 38.5 Å². The van der Waals surface area contributed by atoms with Crippen LogP contribution in [0, 0.1) is 50.7 Å². The monoisotopic (exact) mass is 598 g/mol. The van der Waals surface area contributed by atoms with Gasteiger partial charge in [0.1, 0.15) is 6.10 Å². The van der Waals surface area contributed by atoms with E-state index >= 15 is 0 Å². The van der Waals surface area contributed by atoms with E-state index in [0.29, 0.717) is 29.4 Å². The second-order valence-corrected chi connectivity index (χ2v) is 15.8. The fraction of sp³-hybridized carbons (Fsp3) is 0.800. The maximum atomic E-state index is 13.8. The third kappa shape index (κ3) is 4.23. The molecule has 0 amide bonds. The summed E-state index contributed by atoms with van der Waals surface area (Å²) in [6.07, 6.45) is 6.32. The number of ketones is 2. The molecule has 0 N–H and O–H groups in total. The van der Waals surface area contributed by atoms with Gasteiger partial charge in [0.25, 0.3) is 0 Å². The lowest BCUT2D eigenvalue weighted by molar-refractivity contribution is -0.233. The minimum Gasteiger partial charge on any atom is -0.462 e. The Bertz CT molecular complexity index is 1290. The van der Waals surface area contributed by atoms with E-state index in [1.165, 1.54) is 13.8 Å². The zero-order chi connectivity index (χ0) is 31.9. The highest BCUT2D eigenvalue weighted by Crippen LogP contribution is 2.76. The Hall–Kier alpha value is -2.51. The largest absolute Gasteiger partial charge is 0.462 e. The Morgan fingerprint density at radius 2 is 1.47 bits per heavy atom. The second-order valence-electron chi connectivity index (χ2n) is 15.8. The van der Waals surface area contributed by atoms with E-state index in [4.69, 9.17) is 14.2 Å². The van der Waals surface area contributed by atoms with Crippen LogP contribution in [-0.4, -0.2) is 42.4 Å². The lowest BCUT2D eigenvalue weighted by Gasteiger charge is -2.71. The highest BCUT2D eigenvalue weighted by atomic mass is 16.7. The Labute approximate surface area is 256 Å². The molecule has 0 spiro atoms. The van der Waals surface area contributed by atoms with Gasteiger partial charge in [-0.15, -0.1) is 0 Å². The van der Waals surface area contributed by atoms with Crippen LogP contribution in [0.1, 0.15) is 114 Å². The lowest BCUT2D eigenvalue weighted by Crippen LogP contribution is -2.66. The molecule has 0 aromatic heterocycles. The fourth-order valence-corrected chi connectivity index (χ4v) is 11.4. The summed E-state index contributed by atoms with van der Waals surface area (Å²) < 4.78 is 16.2. The van der Waals surface area contributed by atoms with Crippen LogP contribution in [0.4, 0.5) is 0 Å². The van der Waals surface area contributed by atoms with Crippen LogP contribution in [0.3, 0.4) is 0 Å². The summed E-state index contributed by atoms with van der Waals surface area (Å²) in [4.78, 5) is 64.6. The summed E-state index contributed by atoms with van der Waals surface area (Å²) >= 11 is 0. The van der Waals surface area contributed by atoms with Crippen LogP contribution in [0.2, 0.25) is 0 Å². The minimum absolute atomic E-state index is 0.0508. The molecule has 43 heavy (non-hydrogen) atoms. The number of hydrogen-bond donors (Lipinski definition) is 0. The van der Waals surface area contributed by atoms with Crippen LogP contribution in [-0.2, 0) is 38.2 Å². The predicted octanol–water partition coefficient (Wildman–Crippen LogP) is 6.14. The molecule has 238 valence electrons. The maximum Gasteiger partial charge on any atom is 0.327 e. The summed E-state index contributed by atoms with van der Waals surface area (Å²) in [6.45, 7) is 17.7. The molecule has 8 nitrogen and oxygen atoms in total. The average Bonchev–Trinajstić information content (AvgIpc) is 3.13. The molecule has 8 atom stereocenters. The standard InChI is InChI=1S/C35H50O8/c1-19(2)26-27-22-10-11-24-32(7)14-13-25(43-21(4)37)31(5,6)23(32)12-15-34(24,9)33(22,8)16-17-35(27,29(39)28(26)38)30(40)42-18-41-20(3)36/h19,22-25H,10-18H2,1-9H3/t22-,23+,24-,25?,32+,33-,34-,35+/m1/s1. The molecule has 4 fully saturated rings. The van der Waals surface area contributed by atoms with Crippen LogP contribution in [0.15, 0.2) is 11.1 Å². The lowest BCUT2D eigenvalue weighted by atomic mass is 9.33. The maximum absolute atomic E-state index is 13.8. The van der Waals surface area contributed by atoms with Crippen molar-refractivity contribution in [3.05, 3.63) is 11.1 Å². The summed E-state index contributed by atoms with van der Waals surface area (Å²) in [5.41, 5.74) is -0.891. The van der Waals surface area contributed by atoms with Gasteiger partial charge in [0, 0.05) is 24.8 Å². The molecule has 5 aliphatic rings. The van der Waals surface area contributed by atoms with Gasteiger partial charge in [0.2, 0.25) is 18.4 Å². The predicted molar refractivity (Wildman–Crippen MR) is 158 cm³/mol. The van der Waals surface area contributed by atoms with E-state index in [2.05, 4.69) is 34.6 Å². The third-order valence-corrected chi connectivity index (χ3v) is 13.4. The van der Waals surface area contributed by atoms with Crippen molar-refractivity contribution in [2.24, 2.45) is 50.7 Å². The molecule has 0 heterocycles. The number of hydrogen-bond acceptors (Lipinski definition) is 8. The summed E-state index contributed by atoms with van der Waals surface area (Å²) in [5, 5.41) is 0. The molecule has 0 bridgehead atoms. The summed E-state index contributed by atoms with van der Waals surface area (Å²) in [6, 6.07) is 0. The van der Waals surface area contributed by atoms with Gasteiger partial charge in [-0.3, -0.25) is 24.0 Å². The van der Waals surface area contributed by atoms with Crippen molar-refractivity contribution in [2.75, 3.05) is 6.79 Å². The van der Waals surface area contributed by atoms with E-state index in [-0.39, 0.29) is 52.0 Å². The molecule has 8 heteroatoms. The van der Waals surface area contributed by atoms with Crippen molar-refractivity contribution < 1.29 is 38.2 Å². The van der Waals surface area contributed by atoms with E-state index in [1.807, 2.05) is 13.8 Å². The van der Waals surface area contributed by atoms with Crippen molar-refractivity contribution in [3.63, 3.8) is 0 Å². The van der Waals surface area contributed by atoms with Gasteiger partial charge >= 0.3 is 17.9 Å². The van der Waals surface area contributed by atoms with Crippen molar-refractivity contribution in [2.45, 2.75) is 120 Å². The molecular formula is C35H50O8. The molecule has 0 saturated heterocycles. The molecular weight excluding hydrogens is 548 g/mol. The van der Waals surface area contributed by atoms with Crippen molar-refractivity contribution in [3.8, 4) is 0 Å². The number of allylic oxidation sites excluding steroid dienone is 1. The number of rotatable bonds is 5. The van der Waals surface area contributed by atoms with Crippen LogP contribution in [0.5, 0.6) is 0 Å². The Morgan fingerprint density at radius 3 is 2.07 bits per heavy atom. The van der Waals surface area contributed by atoms with Gasteiger partial charge in [-0.25, -0.2) is 0 Å². The highest BCUT2D eigenvalue weighted by Gasteiger charge is 2.73. The van der Waals surface area contributed by atoms with Gasteiger partial charge in [0.05, 0.1) is 0 Å². The molecule has 0 aromatic rings. The fourth-order valence-electron chi connectivity index (χ4n) is 11.4. The molecule has 5 rings (SSSR count). The summed E-state index contributed by atoms with van der Waals surface area (Å²) in [5.74, 6) is -2.34. The zero-order valence-electron chi connectivity index (χ0n) is 27.5. The molecule has 0 aliphatic heterocycles. The van der Waals surface area contributed by atoms with Crippen LogP contribution in [0.25, 0.3) is 0 Å². The van der Waals surface area contributed by atoms with Crippen molar-refractivity contribution in [1.82, 2.24) is 0 Å². The number of carbonyl (C=O) groups excluding carboxylic acids is 5. The van der Waals surface area contributed by atoms with Crippen LogP contribution >= 0.6 is 0 Å². The van der Waals surface area contributed by atoms with Gasteiger partial charge in [-0.1, -0.05) is 48.5 Å². The Balaban J connectivity index is 1.56. The number of esters is 3. The molecule has 0 aromatic carbocycles. The SMILES string of the molecule is CC(=O)OCOC(=O)[C@@]12CC[C@]3(C)[C@H](CC[C@@H]4[C@@]5(C)CCC(OC(C)=O)C(C)(C)[C@@H]5CC[C@]43C)C1=C(C(C)C)C(=O)C2=O. The Kier molecular flexibility index (Phi) is 7.62. The average molecular weight is 599 g/mol.